The summed E-state index contributed by atoms with van der Waals surface area (Å²) in [5.41, 5.74) is 1.94. The Morgan fingerprint density at radius 2 is 1.77 bits per heavy atom. The number of halogens is 1. The number of Topliss-reactive ketones (excluding diaryl/α,β-unsaturated/α-hetero) is 1. The van der Waals surface area contributed by atoms with E-state index >= 15 is 0 Å². The van der Waals surface area contributed by atoms with E-state index in [4.69, 9.17) is 30.5 Å². The van der Waals surface area contributed by atoms with Crippen molar-refractivity contribution in [3.63, 3.8) is 0 Å². The molecule has 0 amide bonds. The Morgan fingerprint density at radius 1 is 0.968 bits per heavy atom. The molecule has 0 unspecified atom stereocenters. The van der Waals surface area contributed by atoms with Gasteiger partial charge in [0.05, 0.1) is 12.0 Å². The number of hydrogen-bond donors (Lipinski definition) is 0. The Labute approximate surface area is 182 Å². The van der Waals surface area contributed by atoms with Crippen LogP contribution in [0.1, 0.15) is 21.5 Å². The summed E-state index contributed by atoms with van der Waals surface area (Å²) < 4.78 is 21.8. The summed E-state index contributed by atoms with van der Waals surface area (Å²) >= 11 is 5.86. The highest BCUT2D eigenvalue weighted by Crippen LogP contribution is 2.37. The van der Waals surface area contributed by atoms with Crippen LogP contribution in [0.5, 0.6) is 23.0 Å². The molecular formula is C24H15ClO6. The summed E-state index contributed by atoms with van der Waals surface area (Å²) in [4.78, 5) is 24.9. The normalized spacial score (nSPS) is 15.0. The summed E-state index contributed by atoms with van der Waals surface area (Å²) in [5, 5.41) is 0.599. The van der Waals surface area contributed by atoms with Gasteiger partial charge in [0.15, 0.2) is 17.3 Å². The Bertz CT molecular complexity index is 1230. The quantitative estimate of drug-likeness (QED) is 0.332. The maximum atomic E-state index is 12.7. The number of ether oxygens (including phenoxy) is 4. The molecular weight excluding hydrogens is 420 g/mol. The van der Waals surface area contributed by atoms with Crippen LogP contribution in [-0.2, 0) is 11.2 Å². The number of esters is 1. The lowest BCUT2D eigenvalue weighted by Gasteiger charge is -2.06. The number of carbonyl (C=O) groups excluding carboxylic acids is 2. The number of ketones is 1. The first-order valence-electron chi connectivity index (χ1n) is 9.48. The van der Waals surface area contributed by atoms with Crippen molar-refractivity contribution in [3.05, 3.63) is 88.1 Å². The number of rotatable bonds is 4. The summed E-state index contributed by atoms with van der Waals surface area (Å²) in [6.45, 7) is 0.176. The first-order valence-corrected chi connectivity index (χ1v) is 9.86. The second-order valence-electron chi connectivity index (χ2n) is 6.99. The Morgan fingerprint density at radius 3 is 2.61 bits per heavy atom. The van der Waals surface area contributed by atoms with Crippen LogP contribution in [0.4, 0.5) is 0 Å². The van der Waals surface area contributed by atoms with Crippen molar-refractivity contribution in [1.29, 1.82) is 0 Å². The maximum absolute atomic E-state index is 12.7. The third kappa shape index (κ3) is 3.98. The van der Waals surface area contributed by atoms with Crippen molar-refractivity contribution in [1.82, 2.24) is 0 Å². The van der Waals surface area contributed by atoms with E-state index in [1.165, 1.54) is 6.07 Å². The number of carbonyl (C=O) groups is 2. The standard InChI is InChI=1S/C24H15ClO6/c25-16-4-1-14(2-5-16)11-23(26)30-17-6-7-18-20(12-17)31-22(24(18)27)10-15-3-8-19-21(9-15)29-13-28-19/h1-10,12H,11,13H2/b22-10-. The van der Waals surface area contributed by atoms with Crippen molar-refractivity contribution < 1.29 is 28.5 Å². The van der Waals surface area contributed by atoms with Crippen molar-refractivity contribution in [2.24, 2.45) is 0 Å². The zero-order chi connectivity index (χ0) is 21.4. The third-order valence-electron chi connectivity index (χ3n) is 4.83. The van der Waals surface area contributed by atoms with E-state index in [2.05, 4.69) is 0 Å². The van der Waals surface area contributed by atoms with Gasteiger partial charge in [-0.1, -0.05) is 29.8 Å². The average molecular weight is 435 g/mol. The topological polar surface area (TPSA) is 71.1 Å². The van der Waals surface area contributed by atoms with Crippen LogP contribution in [0.3, 0.4) is 0 Å². The number of allylic oxidation sites excluding steroid dienone is 1. The molecule has 0 fully saturated rings. The van der Waals surface area contributed by atoms with Crippen molar-refractivity contribution in [3.8, 4) is 23.0 Å². The van der Waals surface area contributed by atoms with Crippen LogP contribution in [0.2, 0.25) is 5.02 Å². The average Bonchev–Trinajstić information content (AvgIpc) is 3.34. The smallest absolute Gasteiger partial charge is 0.315 e. The summed E-state index contributed by atoms with van der Waals surface area (Å²) in [5.74, 6) is 1.43. The molecule has 0 N–H and O–H groups in total. The van der Waals surface area contributed by atoms with Crippen LogP contribution < -0.4 is 18.9 Å². The van der Waals surface area contributed by atoms with E-state index in [-0.39, 0.29) is 24.8 Å². The van der Waals surface area contributed by atoms with Crippen LogP contribution >= 0.6 is 11.6 Å². The Kier molecular flexibility index (Phi) is 4.84. The molecule has 0 aromatic heterocycles. The lowest BCUT2D eigenvalue weighted by Crippen LogP contribution is -2.11. The van der Waals surface area contributed by atoms with Crippen LogP contribution in [-0.4, -0.2) is 18.5 Å². The van der Waals surface area contributed by atoms with Crippen molar-refractivity contribution in [2.75, 3.05) is 6.79 Å². The van der Waals surface area contributed by atoms with Gasteiger partial charge in [-0.2, -0.15) is 0 Å². The molecule has 0 bridgehead atoms. The maximum Gasteiger partial charge on any atom is 0.315 e. The molecule has 2 heterocycles. The van der Waals surface area contributed by atoms with Crippen LogP contribution in [0, 0.1) is 0 Å². The molecule has 154 valence electrons. The minimum Gasteiger partial charge on any atom is -0.454 e. The predicted octanol–water partition coefficient (Wildman–Crippen LogP) is 4.83. The van der Waals surface area contributed by atoms with Gasteiger partial charge in [-0.3, -0.25) is 9.59 Å². The highest BCUT2D eigenvalue weighted by Gasteiger charge is 2.28. The second kappa shape index (κ2) is 7.81. The summed E-state index contributed by atoms with van der Waals surface area (Å²) in [7, 11) is 0. The summed E-state index contributed by atoms with van der Waals surface area (Å²) in [6.07, 6.45) is 1.74. The van der Waals surface area contributed by atoms with Gasteiger partial charge in [-0.15, -0.1) is 0 Å². The van der Waals surface area contributed by atoms with Gasteiger partial charge in [0.1, 0.15) is 11.5 Å². The van der Waals surface area contributed by atoms with E-state index in [9.17, 15) is 9.59 Å². The van der Waals surface area contributed by atoms with E-state index in [1.54, 1.807) is 54.6 Å². The zero-order valence-electron chi connectivity index (χ0n) is 16.1. The molecule has 0 spiro atoms. The van der Waals surface area contributed by atoms with Crippen molar-refractivity contribution in [2.45, 2.75) is 6.42 Å². The first-order chi connectivity index (χ1) is 15.0. The number of hydrogen-bond acceptors (Lipinski definition) is 6. The largest absolute Gasteiger partial charge is 0.454 e. The van der Waals surface area contributed by atoms with E-state index < -0.39 is 5.97 Å². The van der Waals surface area contributed by atoms with E-state index in [0.29, 0.717) is 33.6 Å². The monoisotopic (exact) mass is 434 g/mol. The minimum absolute atomic E-state index is 0.101. The zero-order valence-corrected chi connectivity index (χ0v) is 16.8. The fraction of sp³-hybridized carbons (Fsp3) is 0.0833. The molecule has 3 aromatic rings. The highest BCUT2D eigenvalue weighted by molar-refractivity contribution is 6.30. The van der Waals surface area contributed by atoms with Crippen LogP contribution in [0.25, 0.3) is 6.08 Å². The molecule has 0 saturated carbocycles. The molecule has 2 aliphatic heterocycles. The molecule has 3 aromatic carbocycles. The van der Waals surface area contributed by atoms with Crippen molar-refractivity contribution >= 4 is 29.4 Å². The van der Waals surface area contributed by atoms with Crippen LogP contribution in [0.15, 0.2) is 66.4 Å². The molecule has 7 heteroatoms. The van der Waals surface area contributed by atoms with E-state index in [1.807, 2.05) is 6.07 Å². The third-order valence-corrected chi connectivity index (χ3v) is 5.08. The predicted molar refractivity (Wildman–Crippen MR) is 113 cm³/mol. The molecule has 0 radical (unpaired) electrons. The molecule has 0 aliphatic carbocycles. The van der Waals surface area contributed by atoms with Gasteiger partial charge in [-0.05, 0) is 53.6 Å². The van der Waals surface area contributed by atoms with E-state index in [0.717, 1.165) is 11.1 Å². The molecule has 2 aliphatic rings. The first kappa shape index (κ1) is 19.2. The molecule has 31 heavy (non-hydrogen) atoms. The fourth-order valence-electron chi connectivity index (χ4n) is 3.32. The van der Waals surface area contributed by atoms with Gasteiger partial charge in [0, 0.05) is 11.1 Å². The van der Waals surface area contributed by atoms with Gasteiger partial charge < -0.3 is 18.9 Å². The number of fused-ring (bicyclic) bond motifs is 2. The van der Waals surface area contributed by atoms with Gasteiger partial charge in [-0.25, -0.2) is 0 Å². The Balaban J connectivity index is 1.30. The highest BCUT2D eigenvalue weighted by atomic mass is 35.5. The lowest BCUT2D eigenvalue weighted by atomic mass is 10.1. The second-order valence-corrected chi connectivity index (χ2v) is 7.42. The number of benzene rings is 3. The molecule has 5 rings (SSSR count). The molecule has 6 nitrogen and oxygen atoms in total. The molecule has 0 atom stereocenters. The lowest BCUT2D eigenvalue weighted by molar-refractivity contribution is -0.133. The SMILES string of the molecule is O=C(Cc1ccc(Cl)cc1)Oc1ccc2c(c1)O/C(=C\c1ccc3c(c1)OCO3)C2=O. The Hall–Kier alpha value is -3.77. The summed E-state index contributed by atoms with van der Waals surface area (Å²) in [6, 6.07) is 17.0. The minimum atomic E-state index is -0.428. The van der Waals surface area contributed by atoms with Gasteiger partial charge in [0.2, 0.25) is 12.6 Å². The van der Waals surface area contributed by atoms with Gasteiger partial charge >= 0.3 is 5.97 Å². The fourth-order valence-corrected chi connectivity index (χ4v) is 3.45. The molecule has 0 saturated heterocycles. The van der Waals surface area contributed by atoms with Gasteiger partial charge in [0.25, 0.3) is 0 Å².